The molecule has 0 radical (unpaired) electrons. The van der Waals surface area contributed by atoms with Gasteiger partial charge in [-0.25, -0.2) is 9.78 Å². The molecule has 1 aromatic heterocycles. The minimum absolute atomic E-state index is 0.0787. The number of rotatable bonds is 6. The summed E-state index contributed by atoms with van der Waals surface area (Å²) in [4.78, 5) is 28.5. The highest BCUT2D eigenvalue weighted by Gasteiger charge is 2.10. The number of benzene rings is 2. The number of hydrogen-bond donors (Lipinski definition) is 3. The predicted octanol–water partition coefficient (Wildman–Crippen LogP) is 3.76. The molecule has 0 aliphatic carbocycles. The molecule has 3 rings (SSSR count). The zero-order valence-corrected chi connectivity index (χ0v) is 17.3. The number of nitrogens with zero attached hydrogens (tertiary/aromatic N) is 2. The van der Waals surface area contributed by atoms with E-state index in [1.807, 2.05) is 48.7 Å². The Morgan fingerprint density at radius 3 is 2.75 bits per heavy atom. The van der Waals surface area contributed by atoms with Crippen LogP contribution in [0, 0.1) is 0 Å². The van der Waals surface area contributed by atoms with E-state index < -0.39 is 0 Å². The molecule has 146 valence electrons. The van der Waals surface area contributed by atoms with E-state index in [0.717, 1.165) is 15.5 Å². The molecule has 1 heterocycles. The molecule has 0 saturated carbocycles. The second-order valence-corrected chi connectivity index (χ2v) is 7.58. The molecule has 3 amide bonds. The zero-order valence-electron chi connectivity index (χ0n) is 15.7. The van der Waals surface area contributed by atoms with E-state index in [9.17, 15) is 9.59 Å². The maximum Gasteiger partial charge on any atom is 0.319 e. The van der Waals surface area contributed by atoms with Crippen molar-refractivity contribution in [2.45, 2.75) is 26.4 Å². The Labute approximate surface area is 171 Å². The van der Waals surface area contributed by atoms with Gasteiger partial charge in [-0.3, -0.25) is 4.79 Å². The molecule has 3 N–H and O–H groups in total. The number of imidazole rings is 1. The topological polar surface area (TPSA) is 88.1 Å². The third-order valence-electron chi connectivity index (χ3n) is 4.02. The van der Waals surface area contributed by atoms with Crippen molar-refractivity contribution in [3.8, 4) is 0 Å². The van der Waals surface area contributed by atoms with Gasteiger partial charge in [-0.2, -0.15) is 0 Å². The van der Waals surface area contributed by atoms with Crippen LogP contribution in [0.2, 0.25) is 0 Å². The summed E-state index contributed by atoms with van der Waals surface area (Å²) in [6.07, 6.45) is 1.71. The van der Waals surface area contributed by atoms with Gasteiger partial charge in [-0.05, 0) is 50.2 Å². The van der Waals surface area contributed by atoms with Crippen LogP contribution in [0.25, 0.3) is 11.0 Å². The smallest absolute Gasteiger partial charge is 0.319 e. The van der Waals surface area contributed by atoms with Crippen LogP contribution in [-0.2, 0) is 6.54 Å². The van der Waals surface area contributed by atoms with Gasteiger partial charge >= 0.3 is 6.03 Å². The summed E-state index contributed by atoms with van der Waals surface area (Å²) in [5.74, 6) is -0.114. The first-order chi connectivity index (χ1) is 13.4. The fourth-order valence-corrected chi connectivity index (χ4v) is 3.16. The first-order valence-electron chi connectivity index (χ1n) is 8.98. The molecule has 0 spiro atoms. The standard InChI is InChI=1S/C20H22BrN5O2/c1-13(2)24-19(27)14-6-7-18-17(10-14)23-12-26(18)9-8-22-20(28)25-16-5-3-4-15(21)11-16/h3-7,10-13H,8-9H2,1-2H3,(H,24,27)(H2,22,25,28). The molecule has 0 atom stereocenters. The molecule has 0 unspecified atom stereocenters. The van der Waals surface area contributed by atoms with Crippen molar-refractivity contribution in [3.63, 3.8) is 0 Å². The minimum atomic E-state index is -0.268. The van der Waals surface area contributed by atoms with Crippen molar-refractivity contribution in [2.75, 3.05) is 11.9 Å². The van der Waals surface area contributed by atoms with E-state index in [1.54, 1.807) is 18.5 Å². The van der Waals surface area contributed by atoms with Crippen molar-refractivity contribution in [1.29, 1.82) is 0 Å². The van der Waals surface area contributed by atoms with Gasteiger partial charge in [0.15, 0.2) is 0 Å². The number of hydrogen-bond acceptors (Lipinski definition) is 3. The molecule has 0 fully saturated rings. The van der Waals surface area contributed by atoms with E-state index in [1.165, 1.54) is 0 Å². The lowest BCUT2D eigenvalue weighted by Gasteiger charge is -2.10. The fraction of sp³-hybridized carbons (Fsp3) is 0.250. The van der Waals surface area contributed by atoms with Gasteiger partial charge in [-0.15, -0.1) is 0 Å². The molecule has 3 aromatic rings. The Morgan fingerprint density at radius 2 is 2.00 bits per heavy atom. The van der Waals surface area contributed by atoms with Gasteiger partial charge in [0.25, 0.3) is 5.91 Å². The van der Waals surface area contributed by atoms with Crippen LogP contribution in [0.3, 0.4) is 0 Å². The normalized spacial score (nSPS) is 10.9. The van der Waals surface area contributed by atoms with Gasteiger partial charge in [-0.1, -0.05) is 22.0 Å². The lowest BCUT2D eigenvalue weighted by atomic mass is 10.2. The first-order valence-corrected chi connectivity index (χ1v) is 9.78. The van der Waals surface area contributed by atoms with Gasteiger partial charge in [0, 0.05) is 34.9 Å². The number of fused-ring (bicyclic) bond motifs is 1. The molecule has 7 nitrogen and oxygen atoms in total. The van der Waals surface area contributed by atoms with Crippen LogP contribution >= 0.6 is 15.9 Å². The number of urea groups is 1. The van der Waals surface area contributed by atoms with Crippen molar-refractivity contribution in [3.05, 3.63) is 58.8 Å². The second kappa shape index (κ2) is 8.88. The third kappa shape index (κ3) is 5.10. The highest BCUT2D eigenvalue weighted by atomic mass is 79.9. The Balaban J connectivity index is 1.57. The summed E-state index contributed by atoms with van der Waals surface area (Å²) in [5.41, 5.74) is 2.95. The van der Waals surface area contributed by atoms with Crippen molar-refractivity contribution in [2.24, 2.45) is 0 Å². The number of anilines is 1. The summed E-state index contributed by atoms with van der Waals surface area (Å²) >= 11 is 3.37. The summed E-state index contributed by atoms with van der Waals surface area (Å²) in [6, 6.07) is 12.6. The quantitative estimate of drug-likeness (QED) is 0.541. The summed E-state index contributed by atoms with van der Waals surface area (Å²) in [6.45, 7) is 4.86. The van der Waals surface area contributed by atoms with E-state index >= 15 is 0 Å². The van der Waals surface area contributed by atoms with Crippen LogP contribution in [-0.4, -0.2) is 34.1 Å². The minimum Gasteiger partial charge on any atom is -0.350 e. The lowest BCUT2D eigenvalue weighted by Crippen LogP contribution is -2.31. The third-order valence-corrected chi connectivity index (χ3v) is 4.52. The number of amides is 3. The zero-order chi connectivity index (χ0) is 20.1. The largest absolute Gasteiger partial charge is 0.350 e. The van der Waals surface area contributed by atoms with E-state index in [0.29, 0.717) is 24.3 Å². The van der Waals surface area contributed by atoms with Crippen molar-refractivity contribution in [1.82, 2.24) is 20.2 Å². The lowest BCUT2D eigenvalue weighted by molar-refractivity contribution is 0.0943. The molecule has 0 bridgehead atoms. The van der Waals surface area contributed by atoms with Crippen LogP contribution < -0.4 is 16.0 Å². The average molecular weight is 444 g/mol. The van der Waals surface area contributed by atoms with Crippen LogP contribution in [0.4, 0.5) is 10.5 Å². The highest BCUT2D eigenvalue weighted by Crippen LogP contribution is 2.16. The Bertz CT molecular complexity index is 999. The van der Waals surface area contributed by atoms with Crippen LogP contribution in [0.1, 0.15) is 24.2 Å². The molecule has 0 saturated heterocycles. The van der Waals surface area contributed by atoms with Crippen molar-refractivity contribution >= 4 is 44.6 Å². The molecule has 8 heteroatoms. The Morgan fingerprint density at radius 1 is 1.18 bits per heavy atom. The maximum absolute atomic E-state index is 12.1. The predicted molar refractivity (Wildman–Crippen MR) is 113 cm³/mol. The monoisotopic (exact) mass is 443 g/mol. The molecular weight excluding hydrogens is 422 g/mol. The first kappa shape index (κ1) is 19.9. The summed E-state index contributed by atoms with van der Waals surface area (Å²) in [7, 11) is 0. The number of carbonyl (C=O) groups is 2. The van der Waals surface area contributed by atoms with Crippen LogP contribution in [0.5, 0.6) is 0 Å². The molecule has 0 aliphatic heterocycles. The Kier molecular flexibility index (Phi) is 6.30. The van der Waals surface area contributed by atoms with E-state index in [4.69, 9.17) is 0 Å². The van der Waals surface area contributed by atoms with Gasteiger partial charge in [0.1, 0.15) is 0 Å². The van der Waals surface area contributed by atoms with Gasteiger partial charge < -0.3 is 20.5 Å². The van der Waals surface area contributed by atoms with Gasteiger partial charge in [0.05, 0.1) is 17.4 Å². The van der Waals surface area contributed by atoms with Crippen LogP contribution in [0.15, 0.2) is 53.3 Å². The van der Waals surface area contributed by atoms with E-state index in [-0.39, 0.29) is 18.0 Å². The summed E-state index contributed by atoms with van der Waals surface area (Å²) in [5, 5.41) is 8.48. The number of carbonyl (C=O) groups excluding carboxylic acids is 2. The summed E-state index contributed by atoms with van der Waals surface area (Å²) < 4.78 is 2.84. The average Bonchev–Trinajstić information content (AvgIpc) is 3.03. The number of nitrogens with one attached hydrogen (secondary N) is 3. The van der Waals surface area contributed by atoms with E-state index in [2.05, 4.69) is 36.9 Å². The molecular formula is C20H22BrN5O2. The number of halogens is 1. The fourth-order valence-electron chi connectivity index (χ4n) is 2.76. The SMILES string of the molecule is CC(C)NC(=O)c1ccc2c(c1)ncn2CCNC(=O)Nc1cccc(Br)c1. The Hall–Kier alpha value is -2.87. The highest BCUT2D eigenvalue weighted by molar-refractivity contribution is 9.10. The molecule has 28 heavy (non-hydrogen) atoms. The van der Waals surface area contributed by atoms with Gasteiger partial charge in [0.2, 0.25) is 0 Å². The maximum atomic E-state index is 12.1. The second-order valence-electron chi connectivity index (χ2n) is 6.66. The molecule has 0 aliphatic rings. The number of aromatic nitrogens is 2. The molecule has 2 aromatic carbocycles. The van der Waals surface area contributed by atoms with Crippen molar-refractivity contribution < 1.29 is 9.59 Å².